The second-order valence-electron chi connectivity index (χ2n) is 6.98. The summed E-state index contributed by atoms with van der Waals surface area (Å²) in [6, 6.07) is 0.583. The largest absolute Gasteiger partial charge is 0.327 e. The molecule has 4 bridgehead atoms. The minimum atomic E-state index is 0.583. The van der Waals surface area contributed by atoms with E-state index in [2.05, 4.69) is 0 Å². The van der Waals surface area contributed by atoms with E-state index in [4.69, 9.17) is 5.73 Å². The Morgan fingerprint density at radius 1 is 0.867 bits per heavy atom. The van der Waals surface area contributed by atoms with Crippen LogP contribution in [0.15, 0.2) is 0 Å². The Balaban J connectivity index is 1.70. The normalized spacial score (nSPS) is 61.8. The maximum atomic E-state index is 6.58. The fourth-order valence-electron chi connectivity index (χ4n) is 5.92. The molecule has 4 saturated carbocycles. The fourth-order valence-corrected chi connectivity index (χ4v) is 5.92. The van der Waals surface area contributed by atoms with Gasteiger partial charge in [0.25, 0.3) is 0 Å². The van der Waals surface area contributed by atoms with Gasteiger partial charge in [-0.25, -0.2) is 0 Å². The lowest BCUT2D eigenvalue weighted by atomic mass is 9.59. The molecule has 0 aliphatic heterocycles. The third kappa shape index (κ3) is 1.03. The molecule has 4 rings (SSSR count). The lowest BCUT2D eigenvalue weighted by Crippen LogP contribution is -2.49. The molecule has 0 amide bonds. The van der Waals surface area contributed by atoms with E-state index >= 15 is 0 Å². The van der Waals surface area contributed by atoms with Crippen molar-refractivity contribution in [3.63, 3.8) is 0 Å². The number of rotatable bonds is 0. The second-order valence-corrected chi connectivity index (χ2v) is 6.98. The third-order valence-corrected chi connectivity index (χ3v) is 6.45. The Morgan fingerprint density at radius 2 is 1.60 bits per heavy atom. The second kappa shape index (κ2) is 2.80. The highest BCUT2D eigenvalue weighted by atomic mass is 14.8. The molecule has 0 aromatic carbocycles. The van der Waals surface area contributed by atoms with Crippen LogP contribution < -0.4 is 5.73 Å². The van der Waals surface area contributed by atoms with Gasteiger partial charge in [0.05, 0.1) is 0 Å². The molecule has 0 heterocycles. The van der Waals surface area contributed by atoms with Crippen molar-refractivity contribution in [3.05, 3.63) is 0 Å². The first-order chi connectivity index (χ1) is 7.28. The molecule has 0 saturated heterocycles. The first-order valence-corrected chi connectivity index (χ1v) is 7.03. The van der Waals surface area contributed by atoms with Gasteiger partial charge in [-0.2, -0.15) is 0 Å². The zero-order valence-electron chi connectivity index (χ0n) is 9.62. The quantitative estimate of drug-likeness (QED) is 0.646. The van der Waals surface area contributed by atoms with Crippen LogP contribution in [0.25, 0.3) is 0 Å². The fraction of sp³-hybridized carbons (Fsp3) is 1.00. The minimum absolute atomic E-state index is 0.583. The van der Waals surface area contributed by atoms with Crippen LogP contribution in [-0.4, -0.2) is 6.04 Å². The molecular formula is C14H23N. The average Bonchev–Trinajstić information content (AvgIpc) is 2.88. The summed E-state index contributed by atoms with van der Waals surface area (Å²) in [5.74, 6) is 4.07. The molecule has 2 unspecified atom stereocenters. The van der Waals surface area contributed by atoms with Gasteiger partial charge in [-0.15, -0.1) is 0 Å². The average molecular weight is 205 g/mol. The number of hydrogen-bond acceptors (Lipinski definition) is 1. The lowest BCUT2D eigenvalue weighted by Gasteiger charge is -2.47. The number of nitrogens with two attached hydrogens (primary N) is 1. The van der Waals surface area contributed by atoms with Crippen molar-refractivity contribution < 1.29 is 0 Å². The molecule has 4 fully saturated rings. The highest BCUT2D eigenvalue weighted by Gasteiger charge is 2.59. The molecule has 0 radical (unpaired) electrons. The van der Waals surface area contributed by atoms with Crippen molar-refractivity contribution in [1.29, 1.82) is 0 Å². The van der Waals surface area contributed by atoms with Crippen LogP contribution >= 0.6 is 0 Å². The smallest absolute Gasteiger partial charge is 0.0127 e. The summed E-state index contributed by atoms with van der Waals surface area (Å²) in [5, 5.41) is 0. The highest BCUT2D eigenvalue weighted by Crippen LogP contribution is 2.65. The predicted molar refractivity (Wildman–Crippen MR) is 61.3 cm³/mol. The predicted octanol–water partition coefficient (Wildman–Crippen LogP) is 2.94. The van der Waals surface area contributed by atoms with E-state index in [9.17, 15) is 0 Å². The van der Waals surface area contributed by atoms with E-state index in [1.54, 1.807) is 6.42 Å². The van der Waals surface area contributed by atoms with Gasteiger partial charge < -0.3 is 5.73 Å². The molecule has 4 aliphatic rings. The topological polar surface area (TPSA) is 26.0 Å². The van der Waals surface area contributed by atoms with Gasteiger partial charge in [0, 0.05) is 6.04 Å². The van der Waals surface area contributed by atoms with Gasteiger partial charge >= 0.3 is 0 Å². The van der Waals surface area contributed by atoms with Crippen LogP contribution in [0.4, 0.5) is 0 Å². The molecule has 84 valence electrons. The van der Waals surface area contributed by atoms with Crippen LogP contribution in [0.2, 0.25) is 0 Å². The summed E-state index contributed by atoms with van der Waals surface area (Å²) in [6.45, 7) is 0. The number of hydrogen-bond donors (Lipinski definition) is 1. The van der Waals surface area contributed by atoms with Crippen molar-refractivity contribution in [2.24, 2.45) is 34.8 Å². The standard InChI is InChI=1S/C14H23N/c15-13-11-3-4-12(6-11)14(13)7-9-1-2-10(5-9)8-14/h9-13H,1-8,15H2/t9?,10?,11-,12+,13-,14?/m1/s1. The van der Waals surface area contributed by atoms with Crippen molar-refractivity contribution in [2.75, 3.05) is 0 Å². The maximum Gasteiger partial charge on any atom is 0.0127 e. The van der Waals surface area contributed by atoms with Crippen molar-refractivity contribution >= 4 is 0 Å². The zero-order valence-corrected chi connectivity index (χ0v) is 9.62. The molecule has 0 aromatic heterocycles. The first-order valence-electron chi connectivity index (χ1n) is 7.03. The van der Waals surface area contributed by atoms with Crippen LogP contribution in [-0.2, 0) is 0 Å². The van der Waals surface area contributed by atoms with E-state index in [0.29, 0.717) is 11.5 Å². The summed E-state index contributed by atoms with van der Waals surface area (Å²) in [6.07, 6.45) is 12.1. The van der Waals surface area contributed by atoms with Crippen molar-refractivity contribution in [2.45, 2.75) is 57.4 Å². The van der Waals surface area contributed by atoms with E-state index in [1.165, 1.54) is 44.9 Å². The highest BCUT2D eigenvalue weighted by molar-refractivity contribution is 5.12. The van der Waals surface area contributed by atoms with Gasteiger partial charge in [0.1, 0.15) is 0 Å². The molecule has 5 atom stereocenters. The van der Waals surface area contributed by atoms with E-state index in [1.807, 2.05) is 0 Å². The lowest BCUT2D eigenvalue weighted by molar-refractivity contribution is 0.0428. The SMILES string of the molecule is N[C@@H]1[C@@H]2CC[C@@H](C2)C12CC1CCC(C1)C2. The van der Waals surface area contributed by atoms with E-state index in [0.717, 1.165) is 23.7 Å². The zero-order chi connectivity index (χ0) is 10.0. The molecule has 4 aliphatic carbocycles. The van der Waals surface area contributed by atoms with Crippen LogP contribution in [0, 0.1) is 29.1 Å². The molecule has 1 heteroatoms. The van der Waals surface area contributed by atoms with Crippen molar-refractivity contribution in [3.8, 4) is 0 Å². The Kier molecular flexibility index (Phi) is 1.68. The maximum absolute atomic E-state index is 6.58. The molecule has 1 nitrogen and oxygen atoms in total. The van der Waals surface area contributed by atoms with E-state index in [-0.39, 0.29) is 0 Å². The van der Waals surface area contributed by atoms with Crippen LogP contribution in [0.3, 0.4) is 0 Å². The molecular weight excluding hydrogens is 182 g/mol. The summed E-state index contributed by atoms with van der Waals surface area (Å²) in [4.78, 5) is 0. The molecule has 1 spiro atoms. The summed E-state index contributed by atoms with van der Waals surface area (Å²) < 4.78 is 0. The molecule has 0 aromatic rings. The van der Waals surface area contributed by atoms with Crippen LogP contribution in [0.1, 0.15) is 51.4 Å². The summed E-state index contributed by atoms with van der Waals surface area (Å²) in [7, 11) is 0. The van der Waals surface area contributed by atoms with Gasteiger partial charge in [0.2, 0.25) is 0 Å². The van der Waals surface area contributed by atoms with Crippen LogP contribution in [0.5, 0.6) is 0 Å². The molecule has 2 N–H and O–H groups in total. The first kappa shape index (κ1) is 9.04. The van der Waals surface area contributed by atoms with Gasteiger partial charge in [-0.1, -0.05) is 12.8 Å². The Labute approximate surface area is 92.8 Å². The number of fused-ring (bicyclic) bond motifs is 5. The van der Waals surface area contributed by atoms with Gasteiger partial charge in [-0.3, -0.25) is 0 Å². The van der Waals surface area contributed by atoms with Gasteiger partial charge in [0.15, 0.2) is 0 Å². The minimum Gasteiger partial charge on any atom is -0.327 e. The van der Waals surface area contributed by atoms with E-state index < -0.39 is 0 Å². The molecule has 15 heavy (non-hydrogen) atoms. The summed E-state index contributed by atoms with van der Waals surface area (Å²) >= 11 is 0. The third-order valence-electron chi connectivity index (χ3n) is 6.45. The summed E-state index contributed by atoms with van der Waals surface area (Å²) in [5.41, 5.74) is 7.21. The Morgan fingerprint density at radius 3 is 2.20 bits per heavy atom. The Hall–Kier alpha value is -0.0400. The van der Waals surface area contributed by atoms with Crippen molar-refractivity contribution in [1.82, 2.24) is 0 Å². The Bertz CT molecular complexity index is 269. The van der Waals surface area contributed by atoms with Gasteiger partial charge in [-0.05, 0) is 67.6 Å². The monoisotopic (exact) mass is 205 g/mol.